The highest BCUT2D eigenvalue weighted by molar-refractivity contribution is 6.23. The molecule has 1 heterocycles. The van der Waals surface area contributed by atoms with Crippen molar-refractivity contribution in [2.24, 2.45) is 0 Å². The van der Waals surface area contributed by atoms with Crippen LogP contribution in [0.5, 0.6) is 0 Å². The SMILES string of the molecule is COC(=O)c1cccc2c1c(C(=O)c1ccccc1C(C)=O)cn2C(=O)N(C)C. The smallest absolute Gasteiger partial charge is 0.338 e. The Morgan fingerprint density at radius 3 is 2.07 bits per heavy atom. The Morgan fingerprint density at radius 1 is 0.862 bits per heavy atom. The number of methoxy groups -OCH3 is 1. The van der Waals surface area contributed by atoms with Crippen molar-refractivity contribution >= 4 is 34.5 Å². The zero-order valence-electron chi connectivity index (χ0n) is 16.6. The largest absolute Gasteiger partial charge is 0.465 e. The number of nitrogens with zero attached hydrogens (tertiary/aromatic N) is 2. The van der Waals surface area contributed by atoms with Crippen molar-refractivity contribution in [1.82, 2.24) is 9.47 Å². The van der Waals surface area contributed by atoms with Gasteiger partial charge in [-0.15, -0.1) is 0 Å². The molecule has 0 fully saturated rings. The van der Waals surface area contributed by atoms with Crippen LogP contribution in [0.2, 0.25) is 0 Å². The molecule has 0 saturated carbocycles. The number of fused-ring (bicyclic) bond motifs is 1. The lowest BCUT2D eigenvalue weighted by molar-refractivity contribution is 0.0602. The van der Waals surface area contributed by atoms with Crippen LogP contribution in [-0.4, -0.2) is 54.2 Å². The third-order valence-electron chi connectivity index (χ3n) is 4.62. The summed E-state index contributed by atoms with van der Waals surface area (Å²) in [7, 11) is 4.42. The minimum Gasteiger partial charge on any atom is -0.465 e. The van der Waals surface area contributed by atoms with Gasteiger partial charge in [0.2, 0.25) is 0 Å². The lowest BCUT2D eigenvalue weighted by Crippen LogP contribution is -2.26. The summed E-state index contributed by atoms with van der Waals surface area (Å²) in [6.07, 6.45) is 1.40. The lowest BCUT2D eigenvalue weighted by Gasteiger charge is -2.11. The van der Waals surface area contributed by atoms with E-state index in [9.17, 15) is 19.2 Å². The lowest BCUT2D eigenvalue weighted by atomic mass is 9.95. The van der Waals surface area contributed by atoms with Crippen molar-refractivity contribution in [2.75, 3.05) is 21.2 Å². The Balaban J connectivity index is 2.35. The zero-order chi connectivity index (χ0) is 21.3. The minimum absolute atomic E-state index is 0.143. The topological polar surface area (TPSA) is 85.7 Å². The van der Waals surface area contributed by atoms with E-state index in [4.69, 9.17) is 4.74 Å². The van der Waals surface area contributed by atoms with Crippen molar-refractivity contribution in [3.63, 3.8) is 0 Å². The fourth-order valence-corrected chi connectivity index (χ4v) is 3.25. The maximum absolute atomic E-state index is 13.4. The van der Waals surface area contributed by atoms with E-state index in [1.54, 1.807) is 50.5 Å². The Hall–Kier alpha value is -3.74. The predicted molar refractivity (Wildman–Crippen MR) is 108 cm³/mol. The Morgan fingerprint density at radius 2 is 1.48 bits per heavy atom. The maximum Gasteiger partial charge on any atom is 0.338 e. The quantitative estimate of drug-likeness (QED) is 0.502. The highest BCUT2D eigenvalue weighted by Crippen LogP contribution is 2.29. The van der Waals surface area contributed by atoms with E-state index in [2.05, 4.69) is 0 Å². The number of amides is 1. The number of rotatable bonds is 4. The Labute approximate surface area is 167 Å². The second-order valence-corrected chi connectivity index (χ2v) is 6.71. The Kier molecular flexibility index (Phi) is 5.32. The molecule has 1 amide bonds. The molecule has 7 nitrogen and oxygen atoms in total. The van der Waals surface area contributed by atoms with E-state index < -0.39 is 11.8 Å². The maximum atomic E-state index is 13.4. The van der Waals surface area contributed by atoms with Crippen LogP contribution in [0, 0.1) is 0 Å². The summed E-state index contributed by atoms with van der Waals surface area (Å²) in [6, 6.07) is 10.9. The summed E-state index contributed by atoms with van der Waals surface area (Å²) in [5.41, 5.74) is 1.18. The van der Waals surface area contributed by atoms with Gasteiger partial charge in [0.1, 0.15) is 0 Å². The number of ether oxygens (including phenoxy) is 1. The third kappa shape index (κ3) is 3.42. The molecular formula is C22H20N2O5. The molecule has 0 unspecified atom stereocenters. The van der Waals surface area contributed by atoms with Gasteiger partial charge in [-0.2, -0.15) is 0 Å². The van der Waals surface area contributed by atoms with Crippen molar-refractivity contribution in [1.29, 1.82) is 0 Å². The van der Waals surface area contributed by atoms with Gasteiger partial charge in [-0.1, -0.05) is 30.3 Å². The van der Waals surface area contributed by atoms with E-state index in [0.717, 1.165) is 0 Å². The first kappa shape index (κ1) is 20.0. The van der Waals surface area contributed by atoms with E-state index >= 15 is 0 Å². The molecule has 0 aliphatic heterocycles. The molecule has 0 radical (unpaired) electrons. The molecule has 0 bridgehead atoms. The molecule has 1 aromatic heterocycles. The number of hydrogen-bond acceptors (Lipinski definition) is 5. The van der Waals surface area contributed by atoms with Crippen molar-refractivity contribution in [3.05, 3.63) is 70.9 Å². The van der Waals surface area contributed by atoms with Crippen LogP contribution in [0.15, 0.2) is 48.7 Å². The average Bonchev–Trinajstić information content (AvgIpc) is 3.11. The van der Waals surface area contributed by atoms with Crippen molar-refractivity contribution in [2.45, 2.75) is 6.92 Å². The highest BCUT2D eigenvalue weighted by atomic mass is 16.5. The molecule has 0 aliphatic rings. The standard InChI is InChI=1S/C22H20N2O5/c1-13(25)14-8-5-6-9-15(14)20(26)17-12-24(22(28)23(2)3)18-11-7-10-16(19(17)18)21(27)29-4/h5-12H,1-4H3. The molecule has 0 N–H and O–H groups in total. The molecule has 7 heteroatoms. The summed E-state index contributed by atoms with van der Waals surface area (Å²) in [4.78, 5) is 51.8. The first-order valence-corrected chi connectivity index (χ1v) is 8.86. The van der Waals surface area contributed by atoms with Crippen LogP contribution in [-0.2, 0) is 4.74 Å². The van der Waals surface area contributed by atoms with Gasteiger partial charge in [0, 0.05) is 42.4 Å². The fourth-order valence-electron chi connectivity index (χ4n) is 3.25. The monoisotopic (exact) mass is 392 g/mol. The van der Waals surface area contributed by atoms with E-state index in [1.165, 1.54) is 35.8 Å². The van der Waals surface area contributed by atoms with E-state index in [1.807, 2.05) is 0 Å². The third-order valence-corrected chi connectivity index (χ3v) is 4.62. The highest BCUT2D eigenvalue weighted by Gasteiger charge is 2.26. The van der Waals surface area contributed by atoms with E-state index in [0.29, 0.717) is 10.9 Å². The van der Waals surface area contributed by atoms with Crippen LogP contribution in [0.25, 0.3) is 10.9 Å². The van der Waals surface area contributed by atoms with Gasteiger partial charge in [0.05, 0.1) is 18.2 Å². The number of esters is 1. The average molecular weight is 392 g/mol. The van der Waals surface area contributed by atoms with Crippen LogP contribution in [0.4, 0.5) is 4.79 Å². The number of carbonyl (C=O) groups is 4. The summed E-state index contributed by atoms with van der Waals surface area (Å²) in [6.45, 7) is 1.38. The fraction of sp³-hybridized carbons (Fsp3) is 0.182. The summed E-state index contributed by atoms with van der Waals surface area (Å²) < 4.78 is 6.17. The summed E-state index contributed by atoms with van der Waals surface area (Å²) >= 11 is 0. The molecular weight excluding hydrogens is 372 g/mol. The van der Waals surface area contributed by atoms with Gasteiger partial charge in [-0.05, 0) is 19.1 Å². The van der Waals surface area contributed by atoms with Crippen LogP contribution in [0.1, 0.15) is 43.6 Å². The zero-order valence-corrected chi connectivity index (χ0v) is 16.6. The van der Waals surface area contributed by atoms with Gasteiger partial charge in [0.25, 0.3) is 0 Å². The van der Waals surface area contributed by atoms with Crippen molar-refractivity contribution in [3.8, 4) is 0 Å². The molecule has 0 aliphatic carbocycles. The van der Waals surface area contributed by atoms with Gasteiger partial charge in [-0.25, -0.2) is 9.59 Å². The molecule has 2 aromatic carbocycles. The Bertz CT molecular complexity index is 1160. The van der Waals surface area contributed by atoms with Gasteiger partial charge < -0.3 is 9.64 Å². The second-order valence-electron chi connectivity index (χ2n) is 6.71. The van der Waals surface area contributed by atoms with Crippen LogP contribution < -0.4 is 0 Å². The van der Waals surface area contributed by atoms with Crippen molar-refractivity contribution < 1.29 is 23.9 Å². The first-order chi connectivity index (χ1) is 13.8. The molecule has 3 aromatic rings. The number of ketones is 2. The minimum atomic E-state index is -0.625. The molecule has 148 valence electrons. The molecule has 0 spiro atoms. The van der Waals surface area contributed by atoms with E-state index in [-0.39, 0.29) is 34.1 Å². The van der Waals surface area contributed by atoms with Crippen LogP contribution >= 0.6 is 0 Å². The summed E-state index contributed by atoms with van der Waals surface area (Å²) in [5, 5.41) is 0.304. The second kappa shape index (κ2) is 7.71. The molecule has 29 heavy (non-hydrogen) atoms. The molecule has 0 saturated heterocycles. The van der Waals surface area contributed by atoms with Crippen LogP contribution in [0.3, 0.4) is 0 Å². The first-order valence-electron chi connectivity index (χ1n) is 8.86. The molecule has 3 rings (SSSR count). The van der Waals surface area contributed by atoms with Gasteiger partial charge in [0.15, 0.2) is 11.6 Å². The number of Topliss-reactive ketones (excluding diaryl/α,β-unsaturated/α-hetero) is 1. The summed E-state index contributed by atoms with van der Waals surface area (Å²) in [5.74, 6) is -1.34. The molecule has 0 atom stereocenters. The number of benzene rings is 2. The normalized spacial score (nSPS) is 10.6. The number of carbonyl (C=O) groups excluding carboxylic acids is 4. The van der Waals surface area contributed by atoms with Gasteiger partial charge >= 0.3 is 12.0 Å². The number of hydrogen-bond donors (Lipinski definition) is 0. The number of aromatic nitrogens is 1. The van der Waals surface area contributed by atoms with Gasteiger partial charge in [-0.3, -0.25) is 14.2 Å². The predicted octanol–water partition coefficient (Wildman–Crippen LogP) is 3.39.